The maximum atomic E-state index is 13.1. The number of hydrogen-bond donors (Lipinski definition) is 1. The summed E-state index contributed by atoms with van der Waals surface area (Å²) < 4.78 is 20.4. The fourth-order valence-corrected chi connectivity index (χ4v) is 3.85. The summed E-state index contributed by atoms with van der Waals surface area (Å²) in [5, 5.41) is 8.48. The van der Waals surface area contributed by atoms with E-state index in [1.54, 1.807) is 12.1 Å². The number of ether oxygens (including phenoxy) is 1. The standard InChI is InChI=1S/C20H24FN3O2S/c1-13(2)26-10-4-9-22-19(25)18-11-17-14(3)23-24(20(17)27-18)12-15-5-7-16(21)8-6-15/h5-8,11,13H,4,9-10,12H2,1-3H3,(H,22,25). The lowest BCUT2D eigenvalue weighted by Crippen LogP contribution is -2.24. The second-order valence-electron chi connectivity index (χ2n) is 6.73. The highest BCUT2D eigenvalue weighted by Gasteiger charge is 2.16. The number of amides is 1. The minimum absolute atomic E-state index is 0.0755. The van der Waals surface area contributed by atoms with Crippen molar-refractivity contribution in [3.63, 3.8) is 0 Å². The van der Waals surface area contributed by atoms with E-state index in [-0.39, 0.29) is 17.8 Å². The van der Waals surface area contributed by atoms with Crippen LogP contribution in [0, 0.1) is 12.7 Å². The van der Waals surface area contributed by atoms with Crippen molar-refractivity contribution >= 4 is 27.5 Å². The molecule has 144 valence electrons. The van der Waals surface area contributed by atoms with Gasteiger partial charge in [0.1, 0.15) is 10.6 Å². The zero-order chi connectivity index (χ0) is 19.4. The van der Waals surface area contributed by atoms with Crippen LogP contribution in [0.3, 0.4) is 0 Å². The molecule has 0 saturated carbocycles. The fraction of sp³-hybridized carbons (Fsp3) is 0.400. The molecule has 7 heteroatoms. The molecule has 5 nitrogen and oxygen atoms in total. The third-order valence-corrected chi connectivity index (χ3v) is 5.28. The van der Waals surface area contributed by atoms with Crippen molar-refractivity contribution in [2.75, 3.05) is 13.2 Å². The summed E-state index contributed by atoms with van der Waals surface area (Å²) in [5.41, 5.74) is 1.85. The first-order chi connectivity index (χ1) is 12.9. The van der Waals surface area contributed by atoms with Crippen molar-refractivity contribution in [1.29, 1.82) is 0 Å². The molecule has 0 bridgehead atoms. The molecule has 1 N–H and O–H groups in total. The van der Waals surface area contributed by atoms with E-state index in [1.165, 1.54) is 23.5 Å². The first-order valence-electron chi connectivity index (χ1n) is 9.05. The van der Waals surface area contributed by atoms with Gasteiger partial charge < -0.3 is 10.1 Å². The van der Waals surface area contributed by atoms with Gasteiger partial charge in [0.15, 0.2) is 0 Å². The quantitative estimate of drug-likeness (QED) is 0.589. The molecule has 1 amide bonds. The summed E-state index contributed by atoms with van der Waals surface area (Å²) in [5.74, 6) is -0.331. The molecular weight excluding hydrogens is 365 g/mol. The lowest BCUT2D eigenvalue weighted by atomic mass is 10.2. The van der Waals surface area contributed by atoms with Crippen LogP contribution in [-0.4, -0.2) is 34.9 Å². The topological polar surface area (TPSA) is 56.2 Å². The Hall–Kier alpha value is -2.25. The molecule has 0 atom stereocenters. The van der Waals surface area contributed by atoms with E-state index < -0.39 is 0 Å². The number of carbonyl (C=O) groups excluding carboxylic acids is 1. The Morgan fingerprint density at radius 3 is 2.78 bits per heavy atom. The Balaban J connectivity index is 1.67. The number of rotatable bonds is 8. The SMILES string of the molecule is Cc1nn(Cc2ccc(F)cc2)c2sc(C(=O)NCCCOC(C)C)cc12. The van der Waals surface area contributed by atoms with Gasteiger partial charge in [0, 0.05) is 18.5 Å². The van der Waals surface area contributed by atoms with Crippen LogP contribution in [-0.2, 0) is 11.3 Å². The first kappa shape index (κ1) is 19.5. The zero-order valence-corrected chi connectivity index (χ0v) is 16.6. The molecule has 2 heterocycles. The second-order valence-corrected chi connectivity index (χ2v) is 7.76. The molecule has 0 spiro atoms. The first-order valence-corrected chi connectivity index (χ1v) is 9.87. The van der Waals surface area contributed by atoms with E-state index in [9.17, 15) is 9.18 Å². The molecule has 0 aliphatic carbocycles. The highest BCUT2D eigenvalue weighted by molar-refractivity contribution is 7.20. The van der Waals surface area contributed by atoms with E-state index in [4.69, 9.17) is 4.74 Å². The van der Waals surface area contributed by atoms with Crippen LogP contribution in [0.1, 0.15) is 41.2 Å². The van der Waals surface area contributed by atoms with Crippen LogP contribution in [0.25, 0.3) is 10.2 Å². The largest absolute Gasteiger partial charge is 0.379 e. The number of nitrogens with one attached hydrogen (secondary N) is 1. The minimum atomic E-state index is -0.255. The maximum absolute atomic E-state index is 13.1. The molecule has 3 rings (SSSR count). The predicted octanol–water partition coefficient (Wildman–Crippen LogP) is 4.14. The van der Waals surface area contributed by atoms with Crippen LogP contribution in [0.2, 0.25) is 0 Å². The number of aryl methyl sites for hydroxylation is 1. The minimum Gasteiger partial charge on any atom is -0.379 e. The predicted molar refractivity (Wildman–Crippen MR) is 106 cm³/mol. The van der Waals surface area contributed by atoms with E-state index >= 15 is 0 Å². The van der Waals surface area contributed by atoms with Gasteiger partial charge in [-0.25, -0.2) is 4.39 Å². The van der Waals surface area contributed by atoms with E-state index in [2.05, 4.69) is 10.4 Å². The Morgan fingerprint density at radius 2 is 2.07 bits per heavy atom. The Morgan fingerprint density at radius 1 is 1.33 bits per heavy atom. The third-order valence-electron chi connectivity index (χ3n) is 4.13. The number of fused-ring (bicyclic) bond motifs is 1. The number of nitrogens with zero attached hydrogens (tertiary/aromatic N) is 2. The van der Waals surface area contributed by atoms with Gasteiger partial charge in [0.2, 0.25) is 0 Å². The number of halogens is 1. The summed E-state index contributed by atoms with van der Waals surface area (Å²) in [4.78, 5) is 14.0. The van der Waals surface area contributed by atoms with Crippen LogP contribution < -0.4 is 5.32 Å². The van der Waals surface area contributed by atoms with Crippen LogP contribution in [0.5, 0.6) is 0 Å². The fourth-order valence-electron chi connectivity index (χ4n) is 2.77. The molecule has 1 aromatic carbocycles. The van der Waals surface area contributed by atoms with Gasteiger partial charge in [-0.3, -0.25) is 9.48 Å². The Labute approximate surface area is 162 Å². The van der Waals surface area contributed by atoms with Gasteiger partial charge in [-0.2, -0.15) is 5.10 Å². The molecule has 0 aliphatic rings. The van der Waals surface area contributed by atoms with Crippen LogP contribution >= 0.6 is 11.3 Å². The molecular formula is C20H24FN3O2S. The number of aromatic nitrogens is 2. The van der Waals surface area contributed by atoms with Crippen molar-refractivity contribution in [2.45, 2.75) is 39.8 Å². The van der Waals surface area contributed by atoms with Crippen molar-refractivity contribution < 1.29 is 13.9 Å². The Bertz CT molecular complexity index is 915. The van der Waals surface area contributed by atoms with E-state index in [0.29, 0.717) is 24.6 Å². The maximum Gasteiger partial charge on any atom is 0.261 e. The molecule has 0 fully saturated rings. The number of benzene rings is 1. The van der Waals surface area contributed by atoms with Gasteiger partial charge in [-0.15, -0.1) is 11.3 Å². The molecule has 2 aromatic heterocycles. The molecule has 0 unspecified atom stereocenters. The number of thiophene rings is 1. The lowest BCUT2D eigenvalue weighted by Gasteiger charge is -2.07. The highest BCUT2D eigenvalue weighted by atomic mass is 32.1. The van der Waals surface area contributed by atoms with Crippen molar-refractivity contribution in [3.8, 4) is 0 Å². The zero-order valence-electron chi connectivity index (χ0n) is 15.8. The summed E-state index contributed by atoms with van der Waals surface area (Å²) in [6, 6.07) is 8.28. The average molecular weight is 389 g/mol. The van der Waals surface area contributed by atoms with Gasteiger partial charge in [-0.05, 0) is 51.0 Å². The van der Waals surface area contributed by atoms with E-state index in [1.807, 2.05) is 31.5 Å². The van der Waals surface area contributed by atoms with Gasteiger partial charge in [0.05, 0.1) is 23.2 Å². The lowest BCUT2D eigenvalue weighted by molar-refractivity contribution is 0.0757. The number of carbonyl (C=O) groups is 1. The van der Waals surface area contributed by atoms with Crippen LogP contribution in [0.15, 0.2) is 30.3 Å². The van der Waals surface area contributed by atoms with Gasteiger partial charge >= 0.3 is 0 Å². The summed E-state index contributed by atoms with van der Waals surface area (Å²) in [6.45, 7) is 7.68. The Kier molecular flexibility index (Phi) is 6.23. The van der Waals surface area contributed by atoms with E-state index in [0.717, 1.165) is 27.9 Å². The van der Waals surface area contributed by atoms with Gasteiger partial charge in [-0.1, -0.05) is 12.1 Å². The molecule has 0 radical (unpaired) electrons. The molecule has 0 aliphatic heterocycles. The summed E-state index contributed by atoms with van der Waals surface area (Å²) in [7, 11) is 0. The van der Waals surface area contributed by atoms with Crippen molar-refractivity contribution in [3.05, 3.63) is 52.3 Å². The summed E-state index contributed by atoms with van der Waals surface area (Å²) in [6.07, 6.45) is 0.988. The molecule has 27 heavy (non-hydrogen) atoms. The normalized spacial score (nSPS) is 11.4. The van der Waals surface area contributed by atoms with Crippen LogP contribution in [0.4, 0.5) is 4.39 Å². The molecule has 3 aromatic rings. The highest BCUT2D eigenvalue weighted by Crippen LogP contribution is 2.28. The smallest absolute Gasteiger partial charge is 0.261 e. The average Bonchev–Trinajstić information content (AvgIpc) is 3.18. The van der Waals surface area contributed by atoms with Crippen molar-refractivity contribution in [1.82, 2.24) is 15.1 Å². The second kappa shape index (κ2) is 8.63. The van der Waals surface area contributed by atoms with Crippen molar-refractivity contribution in [2.24, 2.45) is 0 Å². The third kappa shape index (κ3) is 4.93. The summed E-state index contributed by atoms with van der Waals surface area (Å²) >= 11 is 1.43. The van der Waals surface area contributed by atoms with Gasteiger partial charge in [0.25, 0.3) is 5.91 Å². The molecule has 0 saturated heterocycles. The number of hydrogen-bond acceptors (Lipinski definition) is 4. The monoisotopic (exact) mass is 389 g/mol.